The minimum Gasteiger partial charge on any atom is -0.493 e. The van der Waals surface area contributed by atoms with Gasteiger partial charge in [0.2, 0.25) is 17.7 Å². The van der Waals surface area contributed by atoms with E-state index >= 15 is 0 Å². The average Bonchev–Trinajstić information content (AvgIpc) is 3.78. The number of carbonyl (C=O) groups excluding carboxylic acids is 5. The third-order valence-corrected chi connectivity index (χ3v) is 8.51. The molecular weight excluding hydrogens is 628 g/mol. The zero-order valence-electron chi connectivity index (χ0n) is 26.1. The van der Waals surface area contributed by atoms with Crippen molar-refractivity contribution in [2.45, 2.75) is 38.3 Å². The molecule has 3 aliphatic heterocycles. The summed E-state index contributed by atoms with van der Waals surface area (Å²) in [7, 11) is 1.43. The highest BCUT2D eigenvalue weighted by atomic mass is 32.1. The molecular formula is C31H36N8O7S. The van der Waals surface area contributed by atoms with Gasteiger partial charge >= 0.3 is 0 Å². The molecule has 5 amide bonds. The lowest BCUT2D eigenvalue weighted by Crippen LogP contribution is -2.52. The molecule has 248 valence electrons. The first-order valence-corrected chi connectivity index (χ1v) is 16.1. The van der Waals surface area contributed by atoms with Crippen molar-refractivity contribution in [1.82, 2.24) is 40.7 Å². The Balaban J connectivity index is 1.33. The van der Waals surface area contributed by atoms with Crippen molar-refractivity contribution in [2.75, 3.05) is 46.4 Å². The minimum absolute atomic E-state index is 0.0860. The highest BCUT2D eigenvalue weighted by Gasteiger charge is 2.36. The molecule has 2 aromatic heterocycles. The van der Waals surface area contributed by atoms with Crippen LogP contribution in [0.1, 0.15) is 47.0 Å². The summed E-state index contributed by atoms with van der Waals surface area (Å²) in [5.74, 6) is -0.998. The van der Waals surface area contributed by atoms with Gasteiger partial charge in [-0.25, -0.2) is 15.0 Å². The average molecular weight is 665 g/mol. The Morgan fingerprint density at radius 2 is 1.87 bits per heavy atom. The topological polar surface area (TPSA) is 185 Å². The van der Waals surface area contributed by atoms with Crippen molar-refractivity contribution in [2.24, 2.45) is 0 Å². The maximum absolute atomic E-state index is 13.5. The van der Waals surface area contributed by atoms with Gasteiger partial charge in [-0.1, -0.05) is 0 Å². The number of nitrogens with zero attached hydrogens (tertiary/aromatic N) is 5. The van der Waals surface area contributed by atoms with Gasteiger partial charge in [-0.3, -0.25) is 24.0 Å². The second kappa shape index (κ2) is 15.4. The van der Waals surface area contributed by atoms with Gasteiger partial charge in [0.25, 0.3) is 11.8 Å². The number of nitrogens with one attached hydrogen (secondary N) is 3. The van der Waals surface area contributed by atoms with E-state index in [1.54, 1.807) is 42.9 Å². The van der Waals surface area contributed by atoms with Gasteiger partial charge in [-0.2, -0.15) is 0 Å². The van der Waals surface area contributed by atoms with Crippen molar-refractivity contribution in [3.05, 3.63) is 53.3 Å². The van der Waals surface area contributed by atoms with Gasteiger partial charge < -0.3 is 35.2 Å². The van der Waals surface area contributed by atoms with E-state index in [-0.39, 0.29) is 55.9 Å². The molecule has 3 aromatic rings. The lowest BCUT2D eigenvalue weighted by Gasteiger charge is -2.27. The number of methoxy groups -OCH3 is 1. The van der Waals surface area contributed by atoms with Crippen LogP contribution in [0.25, 0.3) is 10.8 Å². The summed E-state index contributed by atoms with van der Waals surface area (Å²) < 4.78 is 11.2. The van der Waals surface area contributed by atoms with E-state index < -0.39 is 29.8 Å². The number of aromatic nitrogens is 3. The third-order valence-electron chi connectivity index (χ3n) is 7.67. The molecule has 5 heterocycles. The predicted octanol–water partition coefficient (Wildman–Crippen LogP) is 0.875. The zero-order chi connectivity index (χ0) is 33.3. The Morgan fingerprint density at radius 1 is 1.06 bits per heavy atom. The Morgan fingerprint density at radius 3 is 2.66 bits per heavy atom. The van der Waals surface area contributed by atoms with E-state index in [0.717, 1.165) is 0 Å². The standard InChI is InChI=1S/C31H36N8O7S/c1-19-30(43)39-14-3-6-22(39)28(42)35-11-5-13-38(31(44)21-18-47-29(37-21)26-33-9-4-10-34-26)17-25(40)32-12-15-46-23-8-7-20(27(41)36-19)16-24(23)45-2/h4,7-10,16,18-19,22H,3,5-6,11-15,17H2,1-2H3,(H,32,40)(H,35,42)(H,36,41)/t19-,22+/m0/s1. The molecule has 0 aliphatic carbocycles. The number of hydrogen-bond donors (Lipinski definition) is 3. The first-order chi connectivity index (χ1) is 22.7. The predicted molar refractivity (Wildman–Crippen MR) is 170 cm³/mol. The number of thiazole rings is 1. The van der Waals surface area contributed by atoms with E-state index in [9.17, 15) is 24.0 Å². The lowest BCUT2D eigenvalue weighted by molar-refractivity contribution is -0.139. The van der Waals surface area contributed by atoms with Crippen molar-refractivity contribution in [1.29, 1.82) is 0 Å². The van der Waals surface area contributed by atoms with Gasteiger partial charge in [-0.15, -0.1) is 11.3 Å². The van der Waals surface area contributed by atoms with Crippen molar-refractivity contribution >= 4 is 40.9 Å². The minimum atomic E-state index is -0.876. The fourth-order valence-corrected chi connectivity index (χ4v) is 6.04. The van der Waals surface area contributed by atoms with E-state index in [1.165, 1.54) is 34.3 Å². The largest absolute Gasteiger partial charge is 0.493 e. The van der Waals surface area contributed by atoms with Crippen molar-refractivity contribution in [3.63, 3.8) is 0 Å². The van der Waals surface area contributed by atoms with Crippen LogP contribution >= 0.6 is 11.3 Å². The third kappa shape index (κ3) is 8.19. The summed E-state index contributed by atoms with van der Waals surface area (Å²) in [6.45, 7) is 2.29. The Labute approximate surface area is 275 Å². The summed E-state index contributed by atoms with van der Waals surface area (Å²) in [5, 5.41) is 10.4. The van der Waals surface area contributed by atoms with Crippen LogP contribution in [0, 0.1) is 0 Å². The maximum Gasteiger partial charge on any atom is 0.273 e. The number of ether oxygens (including phenoxy) is 2. The molecule has 3 aliphatic rings. The molecule has 1 fully saturated rings. The van der Waals surface area contributed by atoms with Gasteiger partial charge in [0.1, 0.15) is 24.4 Å². The highest BCUT2D eigenvalue weighted by Crippen LogP contribution is 2.28. The summed E-state index contributed by atoms with van der Waals surface area (Å²) in [6.07, 6.45) is 4.64. The maximum atomic E-state index is 13.5. The van der Waals surface area contributed by atoms with E-state index in [4.69, 9.17) is 9.47 Å². The monoisotopic (exact) mass is 664 g/mol. The first kappa shape index (κ1) is 33.2. The smallest absolute Gasteiger partial charge is 0.273 e. The fraction of sp³-hybridized carbons (Fsp3) is 0.419. The number of benzene rings is 1. The number of carbonyl (C=O) groups is 5. The highest BCUT2D eigenvalue weighted by molar-refractivity contribution is 7.13. The van der Waals surface area contributed by atoms with Crippen molar-refractivity contribution < 1.29 is 33.4 Å². The van der Waals surface area contributed by atoms with E-state index in [2.05, 4.69) is 30.9 Å². The molecule has 0 spiro atoms. The first-order valence-electron chi connectivity index (χ1n) is 15.2. The Kier molecular flexibility index (Phi) is 10.9. The van der Waals surface area contributed by atoms with Crippen LogP contribution < -0.4 is 25.4 Å². The Hall–Kier alpha value is -5.12. The second-order valence-electron chi connectivity index (χ2n) is 10.9. The molecule has 1 saturated heterocycles. The van der Waals surface area contributed by atoms with Crippen LogP contribution in [-0.2, 0) is 14.4 Å². The summed E-state index contributed by atoms with van der Waals surface area (Å²) in [4.78, 5) is 81.5. The molecule has 6 rings (SSSR count). The quantitative estimate of drug-likeness (QED) is 0.340. The molecule has 16 heteroatoms. The molecule has 0 radical (unpaired) electrons. The van der Waals surface area contributed by atoms with Crippen LogP contribution in [0.3, 0.4) is 0 Å². The normalized spacial score (nSPS) is 20.2. The van der Waals surface area contributed by atoms with E-state index in [1.807, 2.05) is 0 Å². The van der Waals surface area contributed by atoms with Crippen LogP contribution in [0.5, 0.6) is 11.5 Å². The van der Waals surface area contributed by atoms with Crippen LogP contribution in [0.2, 0.25) is 0 Å². The molecule has 0 saturated carbocycles. The molecule has 1 aromatic carbocycles. The summed E-state index contributed by atoms with van der Waals surface area (Å²) in [5.41, 5.74) is 0.407. The lowest BCUT2D eigenvalue weighted by atomic mass is 10.1. The van der Waals surface area contributed by atoms with E-state index in [0.29, 0.717) is 48.1 Å². The fourth-order valence-electron chi connectivity index (χ4n) is 5.30. The molecule has 0 unspecified atom stereocenters. The molecule has 2 bridgehead atoms. The Bertz CT molecular complexity index is 1620. The van der Waals surface area contributed by atoms with Crippen LogP contribution in [0.4, 0.5) is 0 Å². The molecule has 2 atom stereocenters. The molecule has 47 heavy (non-hydrogen) atoms. The SMILES string of the molecule is COc1cc2ccc1OCCNC(=O)CN(C(=O)c1csc(-c3ncccn3)n1)CCCNC(=O)[C@H]1CCCN1C(=O)[C@H](C)NC2=O. The van der Waals surface area contributed by atoms with Crippen LogP contribution in [0.15, 0.2) is 42.0 Å². The van der Waals surface area contributed by atoms with Gasteiger partial charge in [0.15, 0.2) is 22.3 Å². The zero-order valence-corrected chi connectivity index (χ0v) is 26.9. The number of amides is 5. The number of rotatable bonds is 3. The van der Waals surface area contributed by atoms with Gasteiger partial charge in [0, 0.05) is 43.0 Å². The number of fused-ring (bicyclic) bond motifs is 16. The van der Waals surface area contributed by atoms with Gasteiger partial charge in [-0.05, 0) is 50.5 Å². The summed E-state index contributed by atoms with van der Waals surface area (Å²) in [6, 6.07) is 4.72. The molecule has 3 N–H and O–H groups in total. The second-order valence-corrected chi connectivity index (χ2v) is 11.8. The number of hydrogen-bond acceptors (Lipinski definition) is 11. The summed E-state index contributed by atoms with van der Waals surface area (Å²) >= 11 is 1.22. The van der Waals surface area contributed by atoms with Crippen molar-refractivity contribution in [3.8, 4) is 22.3 Å². The molecule has 15 nitrogen and oxygen atoms in total. The van der Waals surface area contributed by atoms with Crippen LogP contribution in [-0.4, -0.2) is 113 Å². The van der Waals surface area contributed by atoms with Gasteiger partial charge in [0.05, 0.1) is 20.2 Å².